The van der Waals surface area contributed by atoms with Crippen LogP contribution in [0.4, 0.5) is 0 Å². The Morgan fingerprint density at radius 1 is 1.54 bits per heavy atom. The van der Waals surface area contributed by atoms with Crippen molar-refractivity contribution in [3.05, 3.63) is 24.2 Å². The Morgan fingerprint density at radius 3 is 3.08 bits per heavy atom. The second-order valence-corrected chi connectivity index (χ2v) is 3.40. The summed E-state index contributed by atoms with van der Waals surface area (Å²) in [4.78, 5) is 8.05. The van der Waals surface area contributed by atoms with E-state index < -0.39 is 0 Å². The molecule has 0 amide bonds. The summed E-state index contributed by atoms with van der Waals surface area (Å²) in [6, 6.07) is 0. The quantitative estimate of drug-likeness (QED) is 0.751. The number of aryl methyl sites for hydroxylation is 1. The number of thioether (sulfide) groups is 1. The van der Waals surface area contributed by atoms with Gasteiger partial charge >= 0.3 is 0 Å². The summed E-state index contributed by atoms with van der Waals surface area (Å²) in [6.45, 7) is 1.89. The lowest BCUT2D eigenvalue weighted by Gasteiger charge is -1.93. The van der Waals surface area contributed by atoms with E-state index in [2.05, 4.69) is 20.2 Å². The molecule has 0 aromatic carbocycles. The topological polar surface area (TPSA) is 67.6 Å². The predicted octanol–water partition coefficient (Wildman–Crippen LogP) is 1.39. The van der Waals surface area contributed by atoms with E-state index in [1.807, 2.05) is 6.92 Å². The van der Waals surface area contributed by atoms with E-state index in [0.717, 1.165) is 22.4 Å². The number of aromatic nitrogens is 4. The predicted molar refractivity (Wildman–Crippen MR) is 47.2 cm³/mol. The number of nitrogens with zero attached hydrogens (tertiary/aromatic N) is 3. The highest BCUT2D eigenvalue weighted by Gasteiger charge is 2.04. The van der Waals surface area contributed by atoms with Gasteiger partial charge in [-0.2, -0.15) is 5.10 Å². The zero-order chi connectivity index (χ0) is 9.10. The van der Waals surface area contributed by atoms with Crippen molar-refractivity contribution >= 4 is 11.8 Å². The van der Waals surface area contributed by atoms with Crippen LogP contribution in [-0.4, -0.2) is 20.2 Å². The van der Waals surface area contributed by atoms with Crippen LogP contribution >= 0.6 is 11.8 Å². The minimum Gasteiger partial charge on any atom is -0.448 e. The lowest BCUT2D eigenvalue weighted by atomic mass is 10.4. The van der Waals surface area contributed by atoms with Crippen LogP contribution in [0.1, 0.15) is 11.5 Å². The van der Waals surface area contributed by atoms with Crippen LogP contribution in [0.15, 0.2) is 22.3 Å². The molecule has 0 saturated carbocycles. The minimum atomic E-state index is 0.748. The molecule has 0 aliphatic rings. The van der Waals surface area contributed by atoms with Gasteiger partial charge < -0.3 is 4.42 Å². The number of nitrogens with one attached hydrogen (secondary N) is 1. The van der Waals surface area contributed by atoms with Gasteiger partial charge in [0.1, 0.15) is 12.1 Å². The van der Waals surface area contributed by atoms with Crippen LogP contribution in [-0.2, 0) is 5.75 Å². The highest BCUT2D eigenvalue weighted by atomic mass is 32.2. The number of aromatic amines is 1. The summed E-state index contributed by atoms with van der Waals surface area (Å²) in [5.74, 6) is 1.60. The Kier molecular flexibility index (Phi) is 2.31. The Labute approximate surface area is 79.0 Å². The Hall–Kier alpha value is -1.30. The first-order valence-electron chi connectivity index (χ1n) is 3.73. The van der Waals surface area contributed by atoms with Crippen LogP contribution < -0.4 is 0 Å². The molecule has 0 unspecified atom stereocenters. The van der Waals surface area contributed by atoms with Crippen LogP contribution in [0.3, 0.4) is 0 Å². The molecule has 0 fully saturated rings. The number of H-pyrrole nitrogens is 1. The summed E-state index contributed by atoms with van der Waals surface area (Å²) < 4.78 is 5.06. The van der Waals surface area contributed by atoms with Crippen molar-refractivity contribution in [2.45, 2.75) is 17.8 Å². The Morgan fingerprint density at radius 2 is 2.46 bits per heavy atom. The molecule has 5 nitrogen and oxygen atoms in total. The van der Waals surface area contributed by atoms with Crippen LogP contribution in [0.25, 0.3) is 0 Å². The second kappa shape index (κ2) is 3.61. The molecule has 0 bridgehead atoms. The molecule has 0 saturated heterocycles. The lowest BCUT2D eigenvalue weighted by molar-refractivity contribution is 0.525. The van der Waals surface area contributed by atoms with Crippen molar-refractivity contribution in [2.24, 2.45) is 0 Å². The Bertz CT molecular complexity index is 370. The van der Waals surface area contributed by atoms with Gasteiger partial charge in [0.2, 0.25) is 0 Å². The van der Waals surface area contributed by atoms with Crippen LogP contribution in [0, 0.1) is 6.92 Å². The number of hydrogen-bond acceptors (Lipinski definition) is 5. The second-order valence-electron chi connectivity index (χ2n) is 2.43. The molecule has 2 aromatic heterocycles. The van der Waals surface area contributed by atoms with Gasteiger partial charge in [0.15, 0.2) is 11.6 Å². The van der Waals surface area contributed by atoms with E-state index in [1.165, 1.54) is 12.7 Å². The normalized spacial score (nSPS) is 10.5. The molecule has 1 N–H and O–H groups in total. The highest BCUT2D eigenvalue weighted by Crippen LogP contribution is 2.18. The molecular formula is C7H8N4OS. The molecule has 13 heavy (non-hydrogen) atoms. The SMILES string of the molecule is Cc1ocnc1CSc1ncn[nH]1. The van der Waals surface area contributed by atoms with Gasteiger partial charge in [-0.15, -0.1) is 0 Å². The Balaban J connectivity index is 1.97. The third-order valence-corrected chi connectivity index (χ3v) is 2.47. The van der Waals surface area contributed by atoms with Crippen molar-refractivity contribution in [1.82, 2.24) is 20.2 Å². The zero-order valence-electron chi connectivity index (χ0n) is 7.02. The monoisotopic (exact) mass is 196 g/mol. The molecule has 0 aliphatic heterocycles. The first kappa shape index (κ1) is 8.31. The molecule has 0 spiro atoms. The van der Waals surface area contributed by atoms with E-state index in [0.29, 0.717) is 0 Å². The summed E-state index contributed by atoms with van der Waals surface area (Å²) >= 11 is 1.55. The average Bonchev–Trinajstić information content (AvgIpc) is 2.72. The summed E-state index contributed by atoms with van der Waals surface area (Å²) in [6.07, 6.45) is 2.93. The maximum Gasteiger partial charge on any atom is 0.183 e. The van der Waals surface area contributed by atoms with Gasteiger partial charge in [0, 0.05) is 5.75 Å². The van der Waals surface area contributed by atoms with Crippen molar-refractivity contribution < 1.29 is 4.42 Å². The fourth-order valence-electron chi connectivity index (χ4n) is 0.867. The van der Waals surface area contributed by atoms with Crippen molar-refractivity contribution in [1.29, 1.82) is 0 Å². The van der Waals surface area contributed by atoms with Gasteiger partial charge in [-0.1, -0.05) is 11.8 Å². The molecule has 0 atom stereocenters. The first-order chi connectivity index (χ1) is 6.36. The molecule has 0 radical (unpaired) electrons. The molecule has 6 heteroatoms. The summed E-state index contributed by atoms with van der Waals surface area (Å²) in [5.41, 5.74) is 0.946. The van der Waals surface area contributed by atoms with E-state index >= 15 is 0 Å². The van der Waals surface area contributed by atoms with Gasteiger partial charge in [-0.25, -0.2) is 9.97 Å². The zero-order valence-corrected chi connectivity index (χ0v) is 7.84. The highest BCUT2D eigenvalue weighted by molar-refractivity contribution is 7.98. The van der Waals surface area contributed by atoms with Gasteiger partial charge in [-0.3, -0.25) is 5.10 Å². The third kappa shape index (κ3) is 1.89. The molecular weight excluding hydrogens is 188 g/mol. The largest absolute Gasteiger partial charge is 0.448 e. The van der Waals surface area contributed by atoms with Gasteiger partial charge in [0.05, 0.1) is 5.69 Å². The van der Waals surface area contributed by atoms with Crippen LogP contribution in [0.5, 0.6) is 0 Å². The maximum absolute atomic E-state index is 5.06. The summed E-state index contributed by atoms with van der Waals surface area (Å²) in [7, 11) is 0. The van der Waals surface area contributed by atoms with E-state index in [4.69, 9.17) is 4.42 Å². The maximum atomic E-state index is 5.06. The van der Waals surface area contributed by atoms with Gasteiger partial charge in [0.25, 0.3) is 0 Å². The molecule has 2 heterocycles. The number of hydrogen-bond donors (Lipinski definition) is 1. The van der Waals surface area contributed by atoms with E-state index in [9.17, 15) is 0 Å². The molecule has 0 aliphatic carbocycles. The molecule has 2 aromatic rings. The number of oxazole rings is 1. The molecule has 68 valence electrons. The van der Waals surface area contributed by atoms with E-state index in [-0.39, 0.29) is 0 Å². The minimum absolute atomic E-state index is 0.748. The number of rotatable bonds is 3. The lowest BCUT2D eigenvalue weighted by Crippen LogP contribution is -1.84. The molecule has 2 rings (SSSR count). The summed E-state index contributed by atoms with van der Waals surface area (Å²) in [5, 5.41) is 7.30. The van der Waals surface area contributed by atoms with Crippen LogP contribution in [0.2, 0.25) is 0 Å². The smallest absolute Gasteiger partial charge is 0.183 e. The standard InChI is InChI=1S/C7H8N4OS/c1-5-6(9-4-12-5)2-13-7-8-3-10-11-7/h3-4H,2H2,1H3,(H,8,10,11). The first-order valence-corrected chi connectivity index (χ1v) is 4.72. The van der Waals surface area contributed by atoms with Crippen molar-refractivity contribution in [3.63, 3.8) is 0 Å². The fourth-order valence-corrected chi connectivity index (χ4v) is 1.66. The van der Waals surface area contributed by atoms with E-state index in [1.54, 1.807) is 11.8 Å². The average molecular weight is 196 g/mol. The van der Waals surface area contributed by atoms with Crippen molar-refractivity contribution in [3.8, 4) is 0 Å². The third-order valence-electron chi connectivity index (χ3n) is 1.58. The fraction of sp³-hybridized carbons (Fsp3) is 0.286. The van der Waals surface area contributed by atoms with Gasteiger partial charge in [-0.05, 0) is 6.92 Å². The van der Waals surface area contributed by atoms with Crippen molar-refractivity contribution in [2.75, 3.05) is 0 Å².